The van der Waals surface area contributed by atoms with Gasteiger partial charge in [0.25, 0.3) is 0 Å². The maximum atomic E-state index is 14.0. The second kappa shape index (κ2) is 14.4. The van der Waals surface area contributed by atoms with Gasteiger partial charge < -0.3 is 25.6 Å². The normalized spacial score (nSPS) is 18.4. The van der Waals surface area contributed by atoms with Crippen molar-refractivity contribution < 1.29 is 22.7 Å². The first-order chi connectivity index (χ1) is 22.8. The van der Waals surface area contributed by atoms with Crippen LogP contribution in [0.15, 0.2) is 108 Å². The highest BCUT2D eigenvalue weighted by Crippen LogP contribution is 2.28. The van der Waals surface area contributed by atoms with E-state index in [1.54, 1.807) is 48.5 Å². The van der Waals surface area contributed by atoms with E-state index in [1.807, 2.05) is 61.5 Å². The van der Waals surface area contributed by atoms with Crippen LogP contribution in [0.5, 0.6) is 11.5 Å². The summed E-state index contributed by atoms with van der Waals surface area (Å²) in [5.41, 5.74) is 3.56. The van der Waals surface area contributed by atoms with Gasteiger partial charge in [-0.25, -0.2) is 13.2 Å². The van der Waals surface area contributed by atoms with Gasteiger partial charge in [0.05, 0.1) is 4.90 Å². The molecule has 3 amide bonds. The van der Waals surface area contributed by atoms with Crippen LogP contribution in [0.2, 0.25) is 0 Å². The maximum absolute atomic E-state index is 14.0. The number of hydrogen-bond donors (Lipinski definition) is 3. The molecule has 2 unspecified atom stereocenters. The summed E-state index contributed by atoms with van der Waals surface area (Å²) in [4.78, 5) is 28.6. The zero-order valence-electron chi connectivity index (χ0n) is 26.3. The van der Waals surface area contributed by atoms with E-state index in [0.29, 0.717) is 23.7 Å². The average Bonchev–Trinajstić information content (AvgIpc) is 3.62. The van der Waals surface area contributed by atoms with E-state index in [0.717, 1.165) is 36.1 Å². The van der Waals surface area contributed by atoms with Gasteiger partial charge in [-0.3, -0.25) is 4.79 Å². The van der Waals surface area contributed by atoms with Gasteiger partial charge in [0, 0.05) is 37.9 Å². The predicted molar refractivity (Wildman–Crippen MR) is 182 cm³/mol. The second-order valence-corrected chi connectivity index (χ2v) is 13.7. The summed E-state index contributed by atoms with van der Waals surface area (Å²) in [6, 6.07) is 29.6. The van der Waals surface area contributed by atoms with Crippen LogP contribution in [0.4, 0.5) is 10.5 Å². The van der Waals surface area contributed by atoms with Gasteiger partial charge in [0.2, 0.25) is 15.9 Å². The molecule has 244 valence electrons. The van der Waals surface area contributed by atoms with Gasteiger partial charge in [-0.1, -0.05) is 54.6 Å². The molecule has 2 aliphatic rings. The Hall–Kier alpha value is -4.71. The third-order valence-electron chi connectivity index (χ3n) is 8.61. The summed E-state index contributed by atoms with van der Waals surface area (Å²) in [5, 5.41) is 9.16. The molecule has 2 fully saturated rings. The van der Waals surface area contributed by atoms with Crippen molar-refractivity contribution >= 4 is 27.6 Å². The molecule has 0 aliphatic carbocycles. The molecule has 0 spiro atoms. The maximum Gasteiger partial charge on any atom is 0.321 e. The third-order valence-corrected chi connectivity index (χ3v) is 10.5. The molecule has 10 nitrogen and oxygen atoms in total. The first kappa shape index (κ1) is 32.2. The molecule has 3 N–H and O–H groups in total. The van der Waals surface area contributed by atoms with E-state index in [2.05, 4.69) is 16.0 Å². The molecule has 2 aliphatic heterocycles. The van der Waals surface area contributed by atoms with Gasteiger partial charge >= 0.3 is 6.03 Å². The van der Waals surface area contributed by atoms with Gasteiger partial charge in [-0.05, 0) is 91.5 Å². The van der Waals surface area contributed by atoms with Crippen molar-refractivity contribution in [1.29, 1.82) is 0 Å². The van der Waals surface area contributed by atoms with Crippen molar-refractivity contribution in [2.24, 2.45) is 0 Å². The largest absolute Gasteiger partial charge is 0.457 e. The number of nitrogens with zero attached hydrogens (tertiary/aromatic N) is 2. The number of benzene rings is 4. The fourth-order valence-corrected chi connectivity index (χ4v) is 7.57. The number of nitrogens with one attached hydrogen (secondary N) is 3. The van der Waals surface area contributed by atoms with E-state index in [1.165, 1.54) is 9.21 Å². The molecule has 2 saturated heterocycles. The van der Waals surface area contributed by atoms with Crippen LogP contribution >= 0.6 is 0 Å². The molecule has 2 heterocycles. The topological polar surface area (TPSA) is 120 Å². The second-order valence-electron chi connectivity index (χ2n) is 11.8. The lowest BCUT2D eigenvalue weighted by Gasteiger charge is -2.39. The first-order valence-corrected chi connectivity index (χ1v) is 17.3. The van der Waals surface area contributed by atoms with Gasteiger partial charge in [0.1, 0.15) is 17.5 Å². The van der Waals surface area contributed by atoms with Gasteiger partial charge in [0.15, 0.2) is 0 Å². The van der Waals surface area contributed by atoms with Crippen molar-refractivity contribution in [2.75, 3.05) is 38.0 Å². The Balaban J connectivity index is 1.17. The molecule has 4 aromatic carbocycles. The first-order valence-electron chi connectivity index (χ1n) is 15.9. The lowest BCUT2D eigenvalue weighted by Crippen LogP contribution is -2.62. The Morgan fingerprint density at radius 1 is 0.872 bits per heavy atom. The van der Waals surface area contributed by atoms with E-state index >= 15 is 0 Å². The third kappa shape index (κ3) is 7.65. The van der Waals surface area contributed by atoms with Crippen LogP contribution in [0.25, 0.3) is 11.1 Å². The lowest BCUT2D eigenvalue weighted by atomic mass is 10.0. The van der Waals surface area contributed by atoms with Crippen molar-refractivity contribution in [3.8, 4) is 22.6 Å². The zero-order valence-corrected chi connectivity index (χ0v) is 27.1. The molecule has 2 atom stereocenters. The molecule has 4 aromatic rings. The fourth-order valence-electron chi connectivity index (χ4n) is 6.00. The van der Waals surface area contributed by atoms with Crippen molar-refractivity contribution in [3.05, 3.63) is 109 Å². The Kier molecular flexibility index (Phi) is 9.86. The fraction of sp³-hybridized carbons (Fsp3) is 0.278. The number of rotatable bonds is 9. The van der Waals surface area contributed by atoms with Gasteiger partial charge in [-0.15, -0.1) is 0 Å². The highest BCUT2D eigenvalue weighted by molar-refractivity contribution is 7.89. The summed E-state index contributed by atoms with van der Waals surface area (Å²) >= 11 is 0. The van der Waals surface area contributed by atoms with Crippen LogP contribution in [0.3, 0.4) is 0 Å². The lowest BCUT2D eigenvalue weighted by molar-refractivity contribution is -0.126. The monoisotopic (exact) mass is 653 g/mol. The number of urea groups is 1. The summed E-state index contributed by atoms with van der Waals surface area (Å²) in [7, 11) is -4.06. The molecule has 47 heavy (non-hydrogen) atoms. The number of hydrogen-bond acceptors (Lipinski definition) is 6. The highest BCUT2D eigenvalue weighted by atomic mass is 32.2. The predicted octanol–water partition coefficient (Wildman–Crippen LogP) is 5.23. The summed E-state index contributed by atoms with van der Waals surface area (Å²) in [6.45, 7) is 3.28. The molecule has 0 aromatic heterocycles. The molecule has 0 bridgehead atoms. The quantitative estimate of drug-likeness (QED) is 0.228. The van der Waals surface area contributed by atoms with Gasteiger partial charge in [-0.2, -0.15) is 4.31 Å². The van der Waals surface area contributed by atoms with E-state index < -0.39 is 28.0 Å². The molecule has 0 saturated carbocycles. The Morgan fingerprint density at radius 3 is 2.28 bits per heavy atom. The summed E-state index contributed by atoms with van der Waals surface area (Å²) in [6.07, 6.45) is 1.96. The van der Waals surface area contributed by atoms with Crippen LogP contribution < -0.4 is 20.7 Å². The van der Waals surface area contributed by atoms with Crippen molar-refractivity contribution in [1.82, 2.24) is 19.8 Å². The standard InChI is InChI=1S/C36H39N5O5S/c1-26-8-5-6-12-33(26)27-13-19-32(20-14-27)47(44,45)41-23-22-40(25-34(41)35(42)38-24-29-9-7-21-37-29)36(43)39-28-15-17-31(18-16-28)46-30-10-3-2-4-11-30/h2-6,8,10-20,29,34,37H,7,9,21-25H2,1H3,(H,38,42)(H,39,43). The zero-order chi connectivity index (χ0) is 32.8. The molecule has 11 heteroatoms. The number of sulfonamides is 1. The molecular formula is C36H39N5O5S. The Bertz CT molecular complexity index is 1790. The van der Waals surface area contributed by atoms with E-state index in [4.69, 9.17) is 4.74 Å². The molecule has 0 radical (unpaired) electrons. The van der Waals surface area contributed by atoms with Crippen LogP contribution in [0.1, 0.15) is 18.4 Å². The van der Waals surface area contributed by atoms with Crippen molar-refractivity contribution in [3.63, 3.8) is 0 Å². The Morgan fingerprint density at radius 2 is 1.57 bits per heavy atom. The van der Waals surface area contributed by atoms with E-state index in [-0.39, 0.29) is 30.6 Å². The number of anilines is 1. The minimum absolute atomic E-state index is 0.0289. The van der Waals surface area contributed by atoms with Crippen LogP contribution in [0, 0.1) is 6.92 Å². The van der Waals surface area contributed by atoms with Crippen LogP contribution in [-0.2, 0) is 14.8 Å². The SMILES string of the molecule is Cc1ccccc1-c1ccc(S(=O)(=O)N2CCN(C(=O)Nc3ccc(Oc4ccccc4)cc3)CC2C(=O)NCC2CCCN2)cc1. The summed E-state index contributed by atoms with van der Waals surface area (Å²) < 4.78 is 35.1. The van der Waals surface area contributed by atoms with Crippen LogP contribution in [-0.4, -0.2) is 74.4 Å². The number of carbonyl (C=O) groups is 2. The Labute approximate surface area is 275 Å². The minimum Gasteiger partial charge on any atom is -0.457 e. The number of amides is 3. The van der Waals surface area contributed by atoms with Crippen molar-refractivity contribution in [2.45, 2.75) is 36.7 Å². The number of piperazine rings is 1. The minimum atomic E-state index is -4.06. The number of ether oxygens (including phenoxy) is 1. The number of carbonyl (C=O) groups excluding carboxylic acids is 2. The molecular weight excluding hydrogens is 614 g/mol. The number of aryl methyl sites for hydroxylation is 1. The molecule has 6 rings (SSSR count). The smallest absolute Gasteiger partial charge is 0.321 e. The van der Waals surface area contributed by atoms with E-state index in [9.17, 15) is 18.0 Å². The number of para-hydroxylation sites is 1. The average molecular weight is 654 g/mol. The summed E-state index contributed by atoms with van der Waals surface area (Å²) in [5.74, 6) is 0.888. The highest BCUT2D eigenvalue weighted by Gasteiger charge is 2.41.